The molecule has 114 valence electrons. The second kappa shape index (κ2) is 6.30. The lowest BCUT2D eigenvalue weighted by molar-refractivity contribution is -0.137. The summed E-state index contributed by atoms with van der Waals surface area (Å²) in [4.78, 5) is 11.8. The number of rotatable bonds is 3. The molecule has 7 heteroatoms. The molecule has 0 unspecified atom stereocenters. The van der Waals surface area contributed by atoms with Crippen molar-refractivity contribution in [2.24, 2.45) is 5.10 Å². The lowest BCUT2D eigenvalue weighted by Crippen LogP contribution is -2.18. The van der Waals surface area contributed by atoms with E-state index in [4.69, 9.17) is 5.73 Å². The Kier molecular flexibility index (Phi) is 4.45. The van der Waals surface area contributed by atoms with Crippen LogP contribution >= 0.6 is 0 Å². The minimum atomic E-state index is -4.49. The molecule has 4 nitrogen and oxygen atoms in total. The normalized spacial score (nSPS) is 11.6. The topological polar surface area (TPSA) is 67.5 Å². The third-order valence-electron chi connectivity index (χ3n) is 2.78. The first-order valence-electron chi connectivity index (χ1n) is 6.23. The third-order valence-corrected chi connectivity index (χ3v) is 2.78. The summed E-state index contributed by atoms with van der Waals surface area (Å²) in [5.41, 5.74) is 7.41. The average Bonchev–Trinajstić information content (AvgIpc) is 2.46. The Hall–Kier alpha value is -2.83. The van der Waals surface area contributed by atoms with Crippen LogP contribution in [0.1, 0.15) is 21.5 Å². The largest absolute Gasteiger partial charge is 0.417 e. The molecule has 0 saturated heterocycles. The molecule has 0 aliphatic heterocycles. The highest BCUT2D eigenvalue weighted by Gasteiger charge is 2.32. The van der Waals surface area contributed by atoms with Gasteiger partial charge in [0.15, 0.2) is 0 Å². The molecule has 0 heterocycles. The van der Waals surface area contributed by atoms with Crippen molar-refractivity contribution in [1.29, 1.82) is 0 Å². The monoisotopic (exact) mass is 307 g/mol. The number of benzene rings is 2. The van der Waals surface area contributed by atoms with Crippen LogP contribution in [-0.4, -0.2) is 12.1 Å². The van der Waals surface area contributed by atoms with E-state index in [0.717, 1.165) is 12.3 Å². The number of hydrogen-bond acceptors (Lipinski definition) is 3. The van der Waals surface area contributed by atoms with Gasteiger partial charge in [0.2, 0.25) is 0 Å². The first-order chi connectivity index (χ1) is 10.4. The van der Waals surface area contributed by atoms with Crippen LogP contribution < -0.4 is 11.2 Å². The Balaban J connectivity index is 2.12. The fourth-order valence-corrected chi connectivity index (χ4v) is 1.77. The van der Waals surface area contributed by atoms with Crippen molar-refractivity contribution in [3.05, 3.63) is 65.2 Å². The maximum atomic E-state index is 12.8. The van der Waals surface area contributed by atoms with Crippen LogP contribution in [0.2, 0.25) is 0 Å². The van der Waals surface area contributed by atoms with Gasteiger partial charge in [0, 0.05) is 16.8 Å². The fourth-order valence-electron chi connectivity index (χ4n) is 1.77. The van der Waals surface area contributed by atoms with Crippen LogP contribution in [0.4, 0.5) is 18.9 Å². The predicted octanol–water partition coefficient (Wildman–Crippen LogP) is 3.05. The molecular formula is C15H12F3N3O. The number of hydrazone groups is 1. The van der Waals surface area contributed by atoms with Crippen LogP contribution in [0.3, 0.4) is 0 Å². The van der Waals surface area contributed by atoms with Gasteiger partial charge in [0.05, 0.1) is 11.8 Å². The lowest BCUT2D eigenvalue weighted by Gasteiger charge is -2.09. The number of alkyl halides is 3. The highest BCUT2D eigenvalue weighted by atomic mass is 19.4. The number of carbonyl (C=O) groups is 1. The number of nitrogens with two attached hydrogens (primary N) is 1. The molecular weight excluding hydrogens is 295 g/mol. The number of halogens is 3. The quantitative estimate of drug-likeness (QED) is 0.520. The molecule has 0 aromatic heterocycles. The Labute approximate surface area is 124 Å². The minimum Gasteiger partial charge on any atom is -0.399 e. The van der Waals surface area contributed by atoms with Gasteiger partial charge in [-0.3, -0.25) is 4.79 Å². The molecule has 0 saturated carbocycles. The molecule has 3 N–H and O–H groups in total. The van der Waals surface area contributed by atoms with Crippen molar-refractivity contribution in [3.8, 4) is 0 Å². The van der Waals surface area contributed by atoms with Gasteiger partial charge >= 0.3 is 6.18 Å². The van der Waals surface area contributed by atoms with Crippen LogP contribution in [0.15, 0.2) is 53.6 Å². The molecule has 0 aliphatic rings. The maximum Gasteiger partial charge on any atom is 0.417 e. The van der Waals surface area contributed by atoms with Crippen LogP contribution in [-0.2, 0) is 6.18 Å². The maximum absolute atomic E-state index is 12.8. The van der Waals surface area contributed by atoms with E-state index in [-0.39, 0.29) is 11.1 Å². The second-order valence-electron chi connectivity index (χ2n) is 4.41. The van der Waals surface area contributed by atoms with Crippen molar-refractivity contribution in [1.82, 2.24) is 5.43 Å². The number of nitrogens with one attached hydrogen (secondary N) is 1. The van der Waals surface area contributed by atoms with E-state index in [1.54, 1.807) is 12.1 Å². The molecule has 2 rings (SSSR count). The SMILES string of the molecule is Nc1cccc(C(=O)N/N=C\c2ccccc2C(F)(F)F)c1. The van der Waals surface area contributed by atoms with E-state index >= 15 is 0 Å². The molecule has 0 radical (unpaired) electrons. The standard InChI is InChI=1S/C15H12F3N3O/c16-15(17,18)13-7-2-1-4-11(13)9-20-21-14(22)10-5-3-6-12(19)8-10/h1-9H,19H2,(H,21,22)/b20-9-. The zero-order valence-corrected chi connectivity index (χ0v) is 11.3. The van der Waals surface area contributed by atoms with Gasteiger partial charge in [0.25, 0.3) is 5.91 Å². The number of nitrogen functional groups attached to an aromatic ring is 1. The molecule has 0 bridgehead atoms. The molecule has 0 fully saturated rings. The highest BCUT2D eigenvalue weighted by molar-refractivity contribution is 5.95. The molecule has 2 aromatic carbocycles. The Morgan fingerprint density at radius 2 is 1.86 bits per heavy atom. The van der Waals surface area contributed by atoms with E-state index in [1.165, 1.54) is 30.3 Å². The van der Waals surface area contributed by atoms with Crippen molar-refractivity contribution < 1.29 is 18.0 Å². The predicted molar refractivity (Wildman–Crippen MR) is 77.4 cm³/mol. The summed E-state index contributed by atoms with van der Waals surface area (Å²) in [6.07, 6.45) is -3.53. The molecule has 0 atom stereocenters. The van der Waals surface area contributed by atoms with E-state index in [1.807, 2.05) is 0 Å². The summed E-state index contributed by atoms with van der Waals surface area (Å²) in [6, 6.07) is 11.1. The number of anilines is 1. The van der Waals surface area contributed by atoms with Crippen LogP contribution in [0, 0.1) is 0 Å². The van der Waals surface area contributed by atoms with E-state index in [9.17, 15) is 18.0 Å². The fraction of sp³-hybridized carbons (Fsp3) is 0.0667. The second-order valence-corrected chi connectivity index (χ2v) is 4.41. The zero-order valence-electron chi connectivity index (χ0n) is 11.3. The van der Waals surface area contributed by atoms with Gasteiger partial charge < -0.3 is 5.73 Å². The van der Waals surface area contributed by atoms with Crippen molar-refractivity contribution in [2.45, 2.75) is 6.18 Å². The van der Waals surface area contributed by atoms with Crippen molar-refractivity contribution in [3.63, 3.8) is 0 Å². The summed E-state index contributed by atoms with van der Waals surface area (Å²) < 4.78 is 38.3. The summed E-state index contributed by atoms with van der Waals surface area (Å²) in [5, 5.41) is 3.56. The van der Waals surface area contributed by atoms with Gasteiger partial charge in [0.1, 0.15) is 0 Å². The van der Waals surface area contributed by atoms with Crippen LogP contribution in [0.25, 0.3) is 0 Å². The Bertz CT molecular complexity index is 711. The summed E-state index contributed by atoms with van der Waals surface area (Å²) in [5.74, 6) is -0.562. The Morgan fingerprint density at radius 3 is 2.55 bits per heavy atom. The molecule has 0 aliphatic carbocycles. The number of nitrogens with zero attached hydrogens (tertiary/aromatic N) is 1. The van der Waals surface area contributed by atoms with Crippen molar-refractivity contribution >= 4 is 17.8 Å². The summed E-state index contributed by atoms with van der Waals surface area (Å²) >= 11 is 0. The van der Waals surface area contributed by atoms with E-state index in [0.29, 0.717) is 5.69 Å². The van der Waals surface area contributed by atoms with Gasteiger partial charge in [-0.05, 0) is 24.3 Å². The van der Waals surface area contributed by atoms with Crippen molar-refractivity contribution in [2.75, 3.05) is 5.73 Å². The molecule has 2 aromatic rings. The first-order valence-corrected chi connectivity index (χ1v) is 6.23. The van der Waals surface area contributed by atoms with Gasteiger partial charge in [-0.15, -0.1) is 0 Å². The van der Waals surface area contributed by atoms with Gasteiger partial charge in [-0.25, -0.2) is 5.43 Å². The number of hydrogen-bond donors (Lipinski definition) is 2. The minimum absolute atomic E-state index is 0.136. The lowest BCUT2D eigenvalue weighted by atomic mass is 10.1. The van der Waals surface area contributed by atoms with E-state index < -0.39 is 17.6 Å². The highest BCUT2D eigenvalue weighted by Crippen LogP contribution is 2.30. The van der Waals surface area contributed by atoms with E-state index in [2.05, 4.69) is 10.5 Å². The van der Waals surface area contributed by atoms with Gasteiger partial charge in [-0.2, -0.15) is 18.3 Å². The first kappa shape index (κ1) is 15.6. The average molecular weight is 307 g/mol. The molecule has 22 heavy (non-hydrogen) atoms. The smallest absolute Gasteiger partial charge is 0.399 e. The molecule has 1 amide bonds. The molecule has 0 spiro atoms. The number of carbonyl (C=O) groups excluding carboxylic acids is 1. The summed E-state index contributed by atoms with van der Waals surface area (Å²) in [7, 11) is 0. The zero-order chi connectivity index (χ0) is 16.2. The van der Waals surface area contributed by atoms with Crippen LogP contribution in [0.5, 0.6) is 0 Å². The number of amides is 1. The van der Waals surface area contributed by atoms with Gasteiger partial charge in [-0.1, -0.05) is 24.3 Å². The Morgan fingerprint density at radius 1 is 1.14 bits per heavy atom. The third kappa shape index (κ3) is 3.85. The summed E-state index contributed by atoms with van der Waals surface area (Å²) in [6.45, 7) is 0.